The first-order valence-electron chi connectivity index (χ1n) is 11.1. The molecule has 35 heavy (non-hydrogen) atoms. The van der Waals surface area contributed by atoms with Crippen LogP contribution in [0.4, 0.5) is 0 Å². The smallest absolute Gasteiger partial charge is 0.308 e. The molecule has 1 aromatic carbocycles. The molecule has 1 N–H and O–H groups in total. The fourth-order valence-corrected chi connectivity index (χ4v) is 4.64. The van der Waals surface area contributed by atoms with Crippen LogP contribution >= 0.6 is 11.3 Å². The van der Waals surface area contributed by atoms with E-state index in [4.69, 9.17) is 14.2 Å². The van der Waals surface area contributed by atoms with Gasteiger partial charge in [-0.25, -0.2) is 4.98 Å². The molecular formula is C25H25N3O6S. The van der Waals surface area contributed by atoms with Gasteiger partial charge in [-0.05, 0) is 49.7 Å². The summed E-state index contributed by atoms with van der Waals surface area (Å²) >= 11 is 1.12. The minimum atomic E-state index is -0.690. The first-order chi connectivity index (χ1) is 16.9. The number of methoxy groups -OCH3 is 1. The third-order valence-corrected chi connectivity index (χ3v) is 6.34. The Morgan fingerprint density at radius 2 is 1.94 bits per heavy atom. The third-order valence-electron chi connectivity index (χ3n) is 5.31. The van der Waals surface area contributed by atoms with Gasteiger partial charge in [0.1, 0.15) is 10.5 Å². The molecule has 3 aromatic heterocycles. The number of esters is 1. The van der Waals surface area contributed by atoms with Crippen LogP contribution in [0.2, 0.25) is 0 Å². The normalized spacial score (nSPS) is 11.9. The number of nitrogens with one attached hydrogen (secondary N) is 1. The highest BCUT2D eigenvalue weighted by atomic mass is 32.1. The lowest BCUT2D eigenvalue weighted by Gasteiger charge is -2.20. The maximum absolute atomic E-state index is 13.2. The van der Waals surface area contributed by atoms with Gasteiger partial charge in [-0.2, -0.15) is 0 Å². The maximum atomic E-state index is 13.2. The highest BCUT2D eigenvalue weighted by Crippen LogP contribution is 2.32. The first-order valence-corrected chi connectivity index (χ1v) is 11.9. The largest absolute Gasteiger partial charge is 0.493 e. The van der Waals surface area contributed by atoms with Gasteiger partial charge < -0.3 is 19.5 Å². The molecule has 0 bridgehead atoms. The Kier molecular flexibility index (Phi) is 7.31. The van der Waals surface area contributed by atoms with Crippen LogP contribution < -0.4 is 20.3 Å². The second kappa shape index (κ2) is 10.6. The molecule has 1 atom stereocenters. The average molecular weight is 496 g/mol. The van der Waals surface area contributed by atoms with Crippen LogP contribution in [0.15, 0.2) is 53.5 Å². The molecule has 0 unspecified atom stereocenters. The number of nitrogens with zero attached hydrogens (tertiary/aromatic N) is 2. The molecule has 4 rings (SSSR count). The first kappa shape index (κ1) is 24.2. The molecule has 182 valence electrons. The zero-order valence-electron chi connectivity index (χ0n) is 19.6. The van der Waals surface area contributed by atoms with Crippen molar-refractivity contribution in [2.24, 2.45) is 0 Å². The number of aromatic nitrogens is 2. The number of ether oxygens (including phenoxy) is 3. The average Bonchev–Trinajstić information content (AvgIpc) is 3.29. The zero-order valence-corrected chi connectivity index (χ0v) is 20.4. The van der Waals surface area contributed by atoms with E-state index < -0.39 is 17.9 Å². The monoisotopic (exact) mass is 495 g/mol. The van der Waals surface area contributed by atoms with Crippen LogP contribution in [-0.4, -0.2) is 41.6 Å². The second-order valence-electron chi connectivity index (χ2n) is 7.55. The second-order valence-corrected chi connectivity index (χ2v) is 8.58. The number of hydrogen-bond donors (Lipinski definition) is 1. The van der Waals surface area contributed by atoms with Crippen molar-refractivity contribution in [3.8, 4) is 11.5 Å². The van der Waals surface area contributed by atoms with Crippen LogP contribution in [0.3, 0.4) is 0 Å². The van der Waals surface area contributed by atoms with Crippen molar-refractivity contribution >= 4 is 39.1 Å². The van der Waals surface area contributed by atoms with E-state index in [-0.39, 0.29) is 18.6 Å². The van der Waals surface area contributed by atoms with Crippen molar-refractivity contribution in [1.82, 2.24) is 14.7 Å². The molecule has 0 aliphatic heterocycles. The molecule has 4 aromatic rings. The van der Waals surface area contributed by atoms with Gasteiger partial charge in [-0.3, -0.25) is 18.8 Å². The Bertz CT molecular complexity index is 1440. The van der Waals surface area contributed by atoms with Gasteiger partial charge in [0.05, 0.1) is 43.0 Å². The summed E-state index contributed by atoms with van der Waals surface area (Å²) in [7, 11) is 1.52. The lowest BCUT2D eigenvalue weighted by atomic mass is 10.0. The Balaban J connectivity index is 1.67. The SMILES string of the molecule is CCOC(=O)C[C@H](NC(=O)c1cc2c(=O)n3ccccc3nc2s1)c1ccc(OCC)c(OC)c1. The standard InChI is InChI=1S/C25H25N3O6S/c1-4-33-18-10-9-15(12-19(18)32-3)17(14-22(29)34-5-2)26-23(30)20-13-16-24(35-20)27-21-8-6-7-11-28(21)25(16)31/h6-13,17H,4-5,14H2,1-3H3,(H,26,30)/t17-/m0/s1. The number of carbonyl (C=O) groups excluding carboxylic acids is 2. The molecule has 0 saturated carbocycles. The number of fused-ring (bicyclic) bond motifs is 2. The van der Waals surface area contributed by atoms with Gasteiger partial charge >= 0.3 is 5.97 Å². The van der Waals surface area contributed by atoms with Crippen LogP contribution in [0, 0.1) is 0 Å². The van der Waals surface area contributed by atoms with Gasteiger partial charge in [0, 0.05) is 6.20 Å². The molecule has 0 fully saturated rings. The van der Waals surface area contributed by atoms with Crippen molar-refractivity contribution in [3.63, 3.8) is 0 Å². The van der Waals surface area contributed by atoms with E-state index in [2.05, 4.69) is 10.3 Å². The highest BCUT2D eigenvalue weighted by Gasteiger charge is 2.23. The van der Waals surface area contributed by atoms with Crippen molar-refractivity contribution in [2.75, 3.05) is 20.3 Å². The number of hydrogen-bond acceptors (Lipinski definition) is 8. The van der Waals surface area contributed by atoms with Crippen LogP contribution in [0.25, 0.3) is 15.9 Å². The predicted octanol–water partition coefficient (Wildman–Crippen LogP) is 3.74. The summed E-state index contributed by atoms with van der Waals surface area (Å²) in [6, 6.07) is 11.3. The lowest BCUT2D eigenvalue weighted by molar-refractivity contribution is -0.143. The Hall–Kier alpha value is -3.92. The molecule has 10 heteroatoms. The van der Waals surface area contributed by atoms with Crippen molar-refractivity contribution in [2.45, 2.75) is 26.3 Å². The number of thiophene rings is 1. The number of amides is 1. The molecule has 0 aliphatic rings. The quantitative estimate of drug-likeness (QED) is 0.352. The van der Waals surface area contributed by atoms with Crippen LogP contribution in [0.1, 0.15) is 41.5 Å². The van der Waals surface area contributed by atoms with Crippen molar-refractivity contribution < 1.29 is 23.8 Å². The minimum Gasteiger partial charge on any atom is -0.493 e. The molecular weight excluding hydrogens is 470 g/mol. The summed E-state index contributed by atoms with van der Waals surface area (Å²) in [5.74, 6) is 0.165. The van der Waals surface area contributed by atoms with E-state index in [9.17, 15) is 14.4 Å². The molecule has 9 nitrogen and oxygen atoms in total. The molecule has 1 amide bonds. The summed E-state index contributed by atoms with van der Waals surface area (Å²) in [5, 5.41) is 3.26. The summed E-state index contributed by atoms with van der Waals surface area (Å²) in [4.78, 5) is 43.7. The molecule has 0 saturated heterocycles. The van der Waals surface area contributed by atoms with E-state index >= 15 is 0 Å². The summed E-state index contributed by atoms with van der Waals surface area (Å²) in [5.41, 5.74) is 0.900. The number of rotatable bonds is 9. The summed E-state index contributed by atoms with van der Waals surface area (Å²) < 4.78 is 17.5. The lowest BCUT2D eigenvalue weighted by Crippen LogP contribution is -2.30. The van der Waals surface area contributed by atoms with Crippen LogP contribution in [0.5, 0.6) is 11.5 Å². The summed E-state index contributed by atoms with van der Waals surface area (Å²) in [6.07, 6.45) is 1.56. The number of benzene rings is 1. The Morgan fingerprint density at radius 1 is 1.11 bits per heavy atom. The van der Waals surface area contributed by atoms with Gasteiger partial charge in [-0.15, -0.1) is 11.3 Å². The van der Waals surface area contributed by atoms with Gasteiger partial charge in [0.25, 0.3) is 11.5 Å². The third kappa shape index (κ3) is 5.12. The van der Waals surface area contributed by atoms with Gasteiger partial charge in [-0.1, -0.05) is 12.1 Å². The van der Waals surface area contributed by atoms with Gasteiger partial charge in [0.2, 0.25) is 0 Å². The van der Waals surface area contributed by atoms with E-state index in [1.165, 1.54) is 17.6 Å². The molecule has 0 aliphatic carbocycles. The topological polar surface area (TPSA) is 108 Å². The van der Waals surface area contributed by atoms with Crippen molar-refractivity contribution in [3.05, 3.63) is 69.5 Å². The van der Waals surface area contributed by atoms with E-state index in [1.807, 2.05) is 6.92 Å². The fourth-order valence-electron chi connectivity index (χ4n) is 3.70. The zero-order chi connectivity index (χ0) is 24.9. The molecule has 0 radical (unpaired) electrons. The van der Waals surface area contributed by atoms with E-state index in [0.717, 1.165) is 11.3 Å². The highest BCUT2D eigenvalue weighted by molar-refractivity contribution is 7.20. The molecule has 3 heterocycles. The van der Waals surface area contributed by atoms with Crippen LogP contribution in [-0.2, 0) is 9.53 Å². The van der Waals surface area contributed by atoms with Crippen molar-refractivity contribution in [1.29, 1.82) is 0 Å². The minimum absolute atomic E-state index is 0.0770. The molecule has 0 spiro atoms. The van der Waals surface area contributed by atoms with E-state index in [1.54, 1.807) is 49.5 Å². The Morgan fingerprint density at radius 3 is 2.69 bits per heavy atom. The summed E-state index contributed by atoms with van der Waals surface area (Å²) in [6.45, 7) is 4.28. The Labute approximate surface area is 205 Å². The van der Waals surface area contributed by atoms with E-state index in [0.29, 0.717) is 44.4 Å². The maximum Gasteiger partial charge on any atom is 0.308 e. The fraction of sp³-hybridized carbons (Fsp3) is 0.280. The number of carbonyl (C=O) groups is 2. The van der Waals surface area contributed by atoms with Gasteiger partial charge in [0.15, 0.2) is 11.5 Å². The predicted molar refractivity (Wildman–Crippen MR) is 132 cm³/mol. The number of pyridine rings is 1.